The minimum atomic E-state index is 0.583. The van der Waals surface area contributed by atoms with Crippen LogP contribution in [0.4, 0.5) is 0 Å². The van der Waals surface area contributed by atoms with E-state index in [1.54, 1.807) is 0 Å². The lowest BCUT2D eigenvalue weighted by molar-refractivity contribution is -0.132. The molecule has 5 aliphatic carbocycles. The van der Waals surface area contributed by atoms with E-state index in [1.165, 1.54) is 12.8 Å². The lowest BCUT2D eigenvalue weighted by Gasteiger charge is -2.43. The van der Waals surface area contributed by atoms with Gasteiger partial charge in [0.15, 0.2) is 0 Å². The van der Waals surface area contributed by atoms with E-state index in [-0.39, 0.29) is 0 Å². The molecule has 2 bridgehead atoms. The van der Waals surface area contributed by atoms with E-state index < -0.39 is 0 Å². The van der Waals surface area contributed by atoms with Crippen LogP contribution in [-0.2, 0) is 4.79 Å². The topological polar surface area (TPSA) is 17.1 Å². The van der Waals surface area contributed by atoms with Crippen molar-refractivity contribution < 1.29 is 4.79 Å². The smallest absolute Gasteiger partial charge is 0.140 e. The van der Waals surface area contributed by atoms with Crippen molar-refractivity contribution in [2.75, 3.05) is 0 Å². The Morgan fingerprint density at radius 2 is 1.58 bits per heavy atom. The first kappa shape index (κ1) is 5.41. The van der Waals surface area contributed by atoms with Crippen molar-refractivity contribution in [3.63, 3.8) is 0 Å². The SMILES string of the molecule is O=C1[C@@H]2[C@@H]3C[C@@H]4[C@@H]1[C@@H]1[C@H]2C[C@H]3[C@@H]41. The van der Waals surface area contributed by atoms with Crippen LogP contribution in [0.5, 0.6) is 0 Å². The largest absolute Gasteiger partial charge is 0.299 e. The van der Waals surface area contributed by atoms with Crippen molar-refractivity contribution in [3.05, 3.63) is 0 Å². The van der Waals surface area contributed by atoms with E-state index in [0.29, 0.717) is 17.6 Å². The first-order valence-electron chi connectivity index (χ1n) is 5.41. The van der Waals surface area contributed by atoms with Crippen molar-refractivity contribution in [1.29, 1.82) is 0 Å². The third kappa shape index (κ3) is 0.272. The number of carbonyl (C=O) groups excluding carboxylic acids is 1. The molecule has 5 aliphatic rings. The summed E-state index contributed by atoms with van der Waals surface area (Å²) in [5.74, 6) is 7.54. The van der Waals surface area contributed by atoms with Crippen LogP contribution < -0.4 is 0 Å². The van der Waals surface area contributed by atoms with Crippen LogP contribution in [-0.4, -0.2) is 5.78 Å². The molecule has 0 aromatic heterocycles. The summed E-state index contributed by atoms with van der Waals surface area (Å²) in [5.41, 5.74) is 0. The number of carbonyl (C=O) groups is 1. The quantitative estimate of drug-likeness (QED) is 0.522. The van der Waals surface area contributed by atoms with Gasteiger partial charge in [-0.25, -0.2) is 0 Å². The molecule has 0 aliphatic heterocycles. The second-order valence-electron chi connectivity index (χ2n) is 5.74. The maximum Gasteiger partial charge on any atom is 0.140 e. The van der Waals surface area contributed by atoms with Crippen LogP contribution in [0.3, 0.4) is 0 Å². The Bertz CT molecular complexity index is 315. The van der Waals surface area contributed by atoms with Crippen LogP contribution >= 0.6 is 0 Å². The second kappa shape index (κ2) is 1.21. The van der Waals surface area contributed by atoms with Gasteiger partial charge in [0.05, 0.1) is 0 Å². The van der Waals surface area contributed by atoms with Crippen LogP contribution in [0.1, 0.15) is 12.8 Å². The number of fused-ring (bicyclic) bond motifs is 2. The summed E-state index contributed by atoms with van der Waals surface area (Å²) in [6, 6.07) is 0. The highest BCUT2D eigenvalue weighted by Crippen LogP contribution is 2.81. The first-order valence-corrected chi connectivity index (χ1v) is 5.41. The minimum absolute atomic E-state index is 0.583. The fraction of sp³-hybridized carbons (Fsp3) is 0.909. The molecule has 0 amide bonds. The average molecular weight is 160 g/mol. The van der Waals surface area contributed by atoms with Gasteiger partial charge in [-0.1, -0.05) is 0 Å². The number of hydrogen-bond acceptors (Lipinski definition) is 1. The van der Waals surface area contributed by atoms with Gasteiger partial charge in [0, 0.05) is 11.8 Å². The summed E-state index contributed by atoms with van der Waals surface area (Å²) in [6.45, 7) is 0. The third-order valence-corrected chi connectivity index (χ3v) is 6.02. The fourth-order valence-electron chi connectivity index (χ4n) is 6.10. The normalized spacial score (nSPS) is 79.2. The van der Waals surface area contributed by atoms with Crippen molar-refractivity contribution in [2.45, 2.75) is 12.8 Å². The predicted octanol–water partition coefficient (Wildman–Crippen LogP) is 1.33. The average Bonchev–Trinajstić information content (AvgIpc) is 2.47. The summed E-state index contributed by atoms with van der Waals surface area (Å²) in [6.07, 6.45) is 2.90. The van der Waals surface area contributed by atoms with Gasteiger partial charge in [0.1, 0.15) is 5.78 Å². The zero-order valence-electron chi connectivity index (χ0n) is 6.94. The lowest BCUT2D eigenvalue weighted by Crippen LogP contribution is -2.44. The molecule has 0 heterocycles. The van der Waals surface area contributed by atoms with Crippen molar-refractivity contribution in [1.82, 2.24) is 0 Å². The number of ketones is 1. The minimum Gasteiger partial charge on any atom is -0.299 e. The van der Waals surface area contributed by atoms with Crippen LogP contribution in [0.15, 0.2) is 0 Å². The monoisotopic (exact) mass is 160 g/mol. The molecule has 0 radical (unpaired) electrons. The van der Waals surface area contributed by atoms with Crippen LogP contribution in [0, 0.1) is 47.3 Å². The molecule has 0 spiro atoms. The Morgan fingerprint density at radius 1 is 0.833 bits per heavy atom. The Hall–Kier alpha value is -0.330. The molecular weight excluding hydrogens is 148 g/mol. The van der Waals surface area contributed by atoms with Crippen molar-refractivity contribution in [3.8, 4) is 0 Å². The van der Waals surface area contributed by atoms with Gasteiger partial charge < -0.3 is 0 Å². The summed E-state index contributed by atoms with van der Waals surface area (Å²) in [5, 5.41) is 0. The molecule has 0 unspecified atom stereocenters. The number of Topliss-reactive ketones (excluding diaryl/α,β-unsaturated/α-hetero) is 1. The molecule has 5 saturated carbocycles. The zero-order valence-corrected chi connectivity index (χ0v) is 6.94. The molecule has 12 heavy (non-hydrogen) atoms. The number of hydrogen-bond donors (Lipinski definition) is 0. The van der Waals surface area contributed by atoms with E-state index in [2.05, 4.69) is 0 Å². The summed E-state index contributed by atoms with van der Waals surface area (Å²) in [7, 11) is 0. The summed E-state index contributed by atoms with van der Waals surface area (Å²) >= 11 is 0. The molecule has 0 N–H and O–H groups in total. The summed E-state index contributed by atoms with van der Waals surface area (Å²) < 4.78 is 0. The Kier molecular flexibility index (Phi) is 0.547. The molecule has 0 aromatic carbocycles. The molecule has 8 atom stereocenters. The van der Waals surface area contributed by atoms with Gasteiger partial charge in [-0.05, 0) is 48.3 Å². The Balaban J connectivity index is 1.91. The number of rotatable bonds is 0. The van der Waals surface area contributed by atoms with Gasteiger partial charge in [-0.3, -0.25) is 4.79 Å². The van der Waals surface area contributed by atoms with E-state index in [4.69, 9.17) is 0 Å². The predicted molar refractivity (Wildman–Crippen MR) is 42.2 cm³/mol. The Labute approximate surface area is 71.5 Å². The van der Waals surface area contributed by atoms with E-state index in [1.807, 2.05) is 0 Å². The zero-order chi connectivity index (χ0) is 7.61. The second-order valence-corrected chi connectivity index (χ2v) is 5.74. The molecule has 1 nitrogen and oxygen atoms in total. The van der Waals surface area contributed by atoms with Gasteiger partial charge in [0.2, 0.25) is 0 Å². The van der Waals surface area contributed by atoms with E-state index >= 15 is 0 Å². The molecule has 5 fully saturated rings. The lowest BCUT2D eigenvalue weighted by atomic mass is 9.60. The van der Waals surface area contributed by atoms with Gasteiger partial charge >= 0.3 is 0 Å². The van der Waals surface area contributed by atoms with Crippen molar-refractivity contribution >= 4 is 5.78 Å². The molecule has 1 heteroatoms. The third-order valence-electron chi connectivity index (χ3n) is 6.02. The molecule has 0 saturated heterocycles. The maximum atomic E-state index is 11.9. The molecule has 62 valence electrons. The highest BCUT2D eigenvalue weighted by Gasteiger charge is 2.80. The van der Waals surface area contributed by atoms with Crippen molar-refractivity contribution in [2.24, 2.45) is 47.3 Å². The maximum absolute atomic E-state index is 11.9. The van der Waals surface area contributed by atoms with Gasteiger partial charge in [-0.15, -0.1) is 0 Å². The van der Waals surface area contributed by atoms with Gasteiger partial charge in [0.25, 0.3) is 0 Å². The first-order chi connectivity index (χ1) is 5.88. The Morgan fingerprint density at radius 3 is 2.50 bits per heavy atom. The molecular formula is C11H12O. The van der Waals surface area contributed by atoms with Gasteiger partial charge in [-0.2, -0.15) is 0 Å². The highest BCUT2D eigenvalue weighted by atomic mass is 16.1. The molecule has 5 rings (SSSR count). The highest BCUT2D eigenvalue weighted by molar-refractivity contribution is 5.91. The fourth-order valence-corrected chi connectivity index (χ4v) is 6.10. The van der Waals surface area contributed by atoms with Crippen LogP contribution in [0.2, 0.25) is 0 Å². The van der Waals surface area contributed by atoms with E-state index in [9.17, 15) is 4.79 Å². The summed E-state index contributed by atoms with van der Waals surface area (Å²) in [4.78, 5) is 11.9. The standard InChI is InChI=1S/C11H12O/c12-11-8-4-2-5-7-3(4)1-6(8)9(7)10(5)11/h3-10H,1-2H2/t3-,4-,5+,6+,7+,8-,9-,10-/m1/s1. The van der Waals surface area contributed by atoms with Crippen LogP contribution in [0.25, 0.3) is 0 Å². The molecule has 0 aromatic rings. The van der Waals surface area contributed by atoms with E-state index in [0.717, 1.165) is 35.5 Å².